The van der Waals surface area contributed by atoms with E-state index in [1.54, 1.807) is 42.2 Å². The normalized spacial score (nSPS) is 14.7. The molecule has 4 rings (SSSR count). The van der Waals surface area contributed by atoms with E-state index in [2.05, 4.69) is 25.2 Å². The van der Waals surface area contributed by atoms with Gasteiger partial charge in [0.1, 0.15) is 11.9 Å². The number of piperidine rings is 1. The van der Waals surface area contributed by atoms with Gasteiger partial charge in [-0.2, -0.15) is 9.57 Å². The highest BCUT2D eigenvalue weighted by Gasteiger charge is 2.30. The molecule has 1 saturated heterocycles. The van der Waals surface area contributed by atoms with Crippen LogP contribution in [0, 0.1) is 23.1 Å². The van der Waals surface area contributed by atoms with Crippen molar-refractivity contribution in [1.29, 1.82) is 5.26 Å². The molecule has 1 N–H and O–H groups in total. The van der Waals surface area contributed by atoms with E-state index in [-0.39, 0.29) is 29.6 Å². The number of rotatable bonds is 9. The number of hydrogen-bond acceptors (Lipinski definition) is 8. The molecule has 0 amide bonds. The maximum atomic E-state index is 13.9. The summed E-state index contributed by atoms with van der Waals surface area (Å²) in [5.74, 6) is 0.230. The number of nitriles is 1. The zero-order valence-corrected chi connectivity index (χ0v) is 20.2. The van der Waals surface area contributed by atoms with Gasteiger partial charge in [0, 0.05) is 64.0 Å². The molecule has 1 aliphatic rings. The highest BCUT2D eigenvalue weighted by atomic mass is 32.2. The Kier molecular flexibility index (Phi) is 7.57. The van der Waals surface area contributed by atoms with Gasteiger partial charge in [0.2, 0.25) is 5.95 Å². The monoisotopic (exact) mass is 498 g/mol. The standard InChI is InChI=1S/C23H27FN8O2S/c1-30-16-22(29-17-30)35(33,34)32(12-9-26-20-4-3-19(14-25)21(24)13-20)15-18-5-10-31(11-6-18)23-27-7-2-8-28-23/h2-4,7-8,13,16-18,26H,5-6,9-12,15H2,1H3. The summed E-state index contributed by atoms with van der Waals surface area (Å²) in [7, 11) is -2.09. The predicted molar refractivity (Wildman–Crippen MR) is 129 cm³/mol. The first-order valence-electron chi connectivity index (χ1n) is 11.3. The Morgan fingerprint density at radius 1 is 1.23 bits per heavy atom. The van der Waals surface area contributed by atoms with Gasteiger partial charge < -0.3 is 14.8 Å². The van der Waals surface area contributed by atoms with Crippen LogP contribution in [0.2, 0.25) is 0 Å². The summed E-state index contributed by atoms with van der Waals surface area (Å²) in [6.07, 6.45) is 7.98. The minimum absolute atomic E-state index is 0.000427. The number of hydrogen-bond donors (Lipinski definition) is 1. The fraction of sp³-hybridized carbons (Fsp3) is 0.391. The van der Waals surface area contributed by atoms with E-state index in [1.165, 1.54) is 29.0 Å². The van der Waals surface area contributed by atoms with Crippen molar-refractivity contribution in [2.75, 3.05) is 42.9 Å². The van der Waals surface area contributed by atoms with Crippen molar-refractivity contribution in [3.8, 4) is 6.07 Å². The van der Waals surface area contributed by atoms with Gasteiger partial charge in [0.25, 0.3) is 10.0 Å². The Bertz CT molecular complexity index is 1280. The van der Waals surface area contributed by atoms with Crippen molar-refractivity contribution in [3.63, 3.8) is 0 Å². The molecule has 3 heterocycles. The van der Waals surface area contributed by atoms with Crippen LogP contribution in [-0.2, 0) is 17.1 Å². The minimum atomic E-state index is -3.81. The smallest absolute Gasteiger partial charge is 0.262 e. The van der Waals surface area contributed by atoms with Gasteiger partial charge >= 0.3 is 0 Å². The van der Waals surface area contributed by atoms with Crippen molar-refractivity contribution in [3.05, 3.63) is 60.6 Å². The Hall–Kier alpha value is -3.56. The van der Waals surface area contributed by atoms with E-state index in [9.17, 15) is 12.8 Å². The summed E-state index contributed by atoms with van der Waals surface area (Å²) >= 11 is 0. The number of aryl methyl sites for hydroxylation is 1. The zero-order valence-electron chi connectivity index (χ0n) is 19.4. The molecule has 1 aromatic carbocycles. The van der Waals surface area contributed by atoms with Gasteiger partial charge in [-0.3, -0.25) is 0 Å². The lowest BCUT2D eigenvalue weighted by Gasteiger charge is -2.34. The van der Waals surface area contributed by atoms with Gasteiger partial charge in [-0.05, 0) is 43.0 Å². The van der Waals surface area contributed by atoms with E-state index in [0.29, 0.717) is 18.2 Å². The molecule has 1 fully saturated rings. The van der Waals surface area contributed by atoms with Crippen molar-refractivity contribution >= 4 is 21.7 Å². The maximum absolute atomic E-state index is 13.9. The number of benzene rings is 1. The minimum Gasteiger partial charge on any atom is -0.384 e. The molecule has 35 heavy (non-hydrogen) atoms. The number of sulfonamides is 1. The molecular weight excluding hydrogens is 471 g/mol. The average molecular weight is 499 g/mol. The van der Waals surface area contributed by atoms with Gasteiger partial charge in [-0.25, -0.2) is 27.8 Å². The first kappa shape index (κ1) is 24.6. The van der Waals surface area contributed by atoms with E-state index >= 15 is 0 Å². The largest absolute Gasteiger partial charge is 0.384 e. The quantitative estimate of drug-likeness (QED) is 0.477. The van der Waals surface area contributed by atoms with Gasteiger partial charge in [-0.1, -0.05) is 0 Å². The molecule has 0 bridgehead atoms. The number of nitrogens with one attached hydrogen (secondary N) is 1. The molecule has 0 aliphatic carbocycles. The second-order valence-electron chi connectivity index (χ2n) is 8.45. The van der Waals surface area contributed by atoms with E-state index in [0.717, 1.165) is 25.9 Å². The number of halogens is 1. The Balaban J connectivity index is 1.43. The highest BCUT2D eigenvalue weighted by molar-refractivity contribution is 7.89. The van der Waals surface area contributed by atoms with Gasteiger partial charge in [0.15, 0.2) is 5.03 Å². The van der Waals surface area contributed by atoms with Gasteiger partial charge in [-0.15, -0.1) is 0 Å². The van der Waals surface area contributed by atoms with Crippen molar-refractivity contribution in [2.45, 2.75) is 17.9 Å². The molecule has 2 aromatic heterocycles. The zero-order chi connectivity index (χ0) is 24.8. The summed E-state index contributed by atoms with van der Waals surface area (Å²) < 4.78 is 43.7. The predicted octanol–water partition coefficient (Wildman–Crippen LogP) is 2.24. The van der Waals surface area contributed by atoms with E-state index in [4.69, 9.17) is 5.26 Å². The first-order valence-corrected chi connectivity index (χ1v) is 12.7. The fourth-order valence-corrected chi connectivity index (χ4v) is 5.55. The Morgan fingerprint density at radius 3 is 2.60 bits per heavy atom. The summed E-state index contributed by atoms with van der Waals surface area (Å²) in [6.45, 7) is 2.30. The number of aromatic nitrogens is 4. The molecular formula is C23H27FN8O2S. The number of anilines is 2. The summed E-state index contributed by atoms with van der Waals surface area (Å²) in [6, 6.07) is 7.78. The molecule has 12 heteroatoms. The van der Waals surface area contributed by atoms with Crippen LogP contribution in [0.25, 0.3) is 0 Å². The van der Waals surface area contributed by atoms with E-state index in [1.807, 2.05) is 0 Å². The SMILES string of the molecule is Cn1cnc(S(=O)(=O)N(CCNc2ccc(C#N)c(F)c2)CC2CCN(c3ncccn3)CC2)c1. The Morgan fingerprint density at radius 2 is 1.97 bits per heavy atom. The summed E-state index contributed by atoms with van der Waals surface area (Å²) in [5, 5.41) is 11.9. The van der Waals surface area contributed by atoms with Crippen LogP contribution in [0.1, 0.15) is 18.4 Å². The van der Waals surface area contributed by atoms with Crippen molar-refractivity contribution < 1.29 is 12.8 Å². The molecule has 0 unspecified atom stereocenters. The van der Waals surface area contributed by atoms with Crippen LogP contribution in [0.5, 0.6) is 0 Å². The van der Waals surface area contributed by atoms with Crippen LogP contribution >= 0.6 is 0 Å². The molecule has 3 aromatic rings. The molecule has 0 spiro atoms. The van der Waals surface area contributed by atoms with Crippen LogP contribution < -0.4 is 10.2 Å². The number of imidazole rings is 1. The third-order valence-electron chi connectivity index (χ3n) is 5.98. The topological polar surface area (TPSA) is 120 Å². The van der Waals surface area contributed by atoms with Crippen LogP contribution in [0.3, 0.4) is 0 Å². The van der Waals surface area contributed by atoms with Gasteiger partial charge in [0.05, 0.1) is 11.9 Å². The lowest BCUT2D eigenvalue weighted by molar-refractivity contribution is 0.304. The molecule has 10 nitrogen and oxygen atoms in total. The summed E-state index contributed by atoms with van der Waals surface area (Å²) in [4.78, 5) is 14.8. The van der Waals surface area contributed by atoms with Crippen molar-refractivity contribution in [2.24, 2.45) is 13.0 Å². The fourth-order valence-electron chi connectivity index (χ4n) is 4.06. The first-order chi connectivity index (χ1) is 16.9. The third kappa shape index (κ3) is 5.93. The molecule has 0 atom stereocenters. The average Bonchev–Trinajstić information content (AvgIpc) is 3.32. The molecule has 184 valence electrons. The van der Waals surface area contributed by atoms with Crippen LogP contribution in [0.4, 0.5) is 16.0 Å². The van der Waals surface area contributed by atoms with Crippen molar-refractivity contribution in [1.82, 2.24) is 23.8 Å². The van der Waals surface area contributed by atoms with E-state index < -0.39 is 15.8 Å². The molecule has 1 aliphatic heterocycles. The molecule has 0 radical (unpaired) electrons. The number of nitrogens with zero attached hydrogens (tertiary/aromatic N) is 7. The molecule has 0 saturated carbocycles. The second kappa shape index (κ2) is 10.8. The van der Waals surface area contributed by atoms with Crippen LogP contribution in [0.15, 0.2) is 54.2 Å². The lowest BCUT2D eigenvalue weighted by atomic mass is 9.97. The lowest BCUT2D eigenvalue weighted by Crippen LogP contribution is -2.43. The second-order valence-corrected chi connectivity index (χ2v) is 10.3. The summed E-state index contributed by atoms with van der Waals surface area (Å²) in [5.41, 5.74) is 0.440. The third-order valence-corrected chi connectivity index (χ3v) is 7.73. The van der Waals surface area contributed by atoms with Crippen LogP contribution in [-0.4, -0.2) is 65.0 Å². The Labute approximate surface area is 204 Å². The highest BCUT2D eigenvalue weighted by Crippen LogP contribution is 2.24. The maximum Gasteiger partial charge on any atom is 0.262 e.